The molecule has 6 heteroatoms. The SMILES string of the molecule is O=C(CCCN1CCC2CC1(N1CNc3ccccc31)S2)c1ccc(F)cc1. The molecular formula is C22H24FN3OS. The van der Waals surface area contributed by atoms with Gasteiger partial charge >= 0.3 is 0 Å². The second-order valence-corrected chi connectivity index (χ2v) is 9.33. The molecule has 4 nitrogen and oxygen atoms in total. The minimum Gasteiger partial charge on any atom is -0.366 e. The Hall–Kier alpha value is -2.05. The maximum Gasteiger partial charge on any atom is 0.162 e. The number of halogens is 1. The Morgan fingerprint density at radius 2 is 2.00 bits per heavy atom. The van der Waals surface area contributed by atoms with Gasteiger partial charge in [-0.05, 0) is 49.2 Å². The summed E-state index contributed by atoms with van der Waals surface area (Å²) >= 11 is 2.07. The molecule has 3 saturated heterocycles. The van der Waals surface area contributed by atoms with E-state index in [9.17, 15) is 9.18 Å². The van der Waals surface area contributed by atoms with E-state index < -0.39 is 0 Å². The zero-order chi connectivity index (χ0) is 19.1. The number of anilines is 2. The zero-order valence-electron chi connectivity index (χ0n) is 15.7. The third-order valence-corrected chi connectivity index (χ3v) is 7.86. The number of benzene rings is 2. The molecule has 2 aromatic carbocycles. The van der Waals surface area contributed by atoms with Crippen molar-refractivity contribution in [3.05, 3.63) is 59.9 Å². The quantitative estimate of drug-likeness (QED) is 0.724. The molecule has 4 aliphatic rings. The summed E-state index contributed by atoms with van der Waals surface area (Å²) in [6.45, 7) is 2.83. The van der Waals surface area contributed by atoms with Crippen LogP contribution in [-0.4, -0.2) is 40.7 Å². The Balaban J connectivity index is 1.26. The fourth-order valence-electron chi connectivity index (χ4n) is 4.65. The lowest BCUT2D eigenvalue weighted by Gasteiger charge is -2.62. The summed E-state index contributed by atoms with van der Waals surface area (Å²) < 4.78 is 13.1. The van der Waals surface area contributed by atoms with Crippen molar-refractivity contribution in [2.24, 2.45) is 0 Å². The number of carbonyl (C=O) groups excluding carboxylic acids is 1. The lowest BCUT2D eigenvalue weighted by molar-refractivity contribution is 0.0884. The van der Waals surface area contributed by atoms with Crippen LogP contribution in [0.3, 0.4) is 0 Å². The van der Waals surface area contributed by atoms with E-state index in [0.717, 1.165) is 31.4 Å². The van der Waals surface area contributed by atoms with Gasteiger partial charge < -0.3 is 10.2 Å². The van der Waals surface area contributed by atoms with Gasteiger partial charge in [-0.2, -0.15) is 0 Å². The van der Waals surface area contributed by atoms with E-state index in [1.165, 1.54) is 36.3 Å². The van der Waals surface area contributed by atoms with Crippen LogP contribution in [0.2, 0.25) is 0 Å². The highest BCUT2D eigenvalue weighted by molar-refractivity contribution is 8.02. The van der Waals surface area contributed by atoms with Crippen LogP contribution in [0.25, 0.3) is 0 Å². The van der Waals surface area contributed by atoms with Crippen molar-refractivity contribution in [2.45, 2.75) is 35.9 Å². The fourth-order valence-corrected chi connectivity index (χ4v) is 6.35. The molecule has 2 unspecified atom stereocenters. The number of fused-ring (bicyclic) bond motifs is 3. The van der Waals surface area contributed by atoms with Crippen LogP contribution in [0.1, 0.15) is 36.0 Å². The molecule has 0 aliphatic carbocycles. The summed E-state index contributed by atoms with van der Waals surface area (Å²) in [6, 6.07) is 14.4. The molecule has 2 atom stereocenters. The normalized spacial score (nSPS) is 25.8. The van der Waals surface area contributed by atoms with Crippen LogP contribution in [0, 0.1) is 5.82 Å². The minimum absolute atomic E-state index is 0.0153. The van der Waals surface area contributed by atoms with Crippen LogP contribution < -0.4 is 10.2 Å². The van der Waals surface area contributed by atoms with E-state index in [0.29, 0.717) is 12.0 Å². The van der Waals surface area contributed by atoms with Crippen LogP contribution in [-0.2, 0) is 0 Å². The molecule has 0 aromatic heterocycles. The highest BCUT2D eigenvalue weighted by Crippen LogP contribution is 2.58. The summed E-state index contributed by atoms with van der Waals surface area (Å²) in [5, 5.41) is 4.27. The third kappa shape index (κ3) is 2.99. The molecule has 0 amide bonds. The van der Waals surface area contributed by atoms with Gasteiger partial charge in [-0.1, -0.05) is 12.1 Å². The Morgan fingerprint density at radius 3 is 2.82 bits per heavy atom. The molecule has 4 aliphatic heterocycles. The Bertz CT molecular complexity index is 882. The molecule has 0 radical (unpaired) electrons. The first-order valence-corrected chi connectivity index (χ1v) is 10.9. The average Bonchev–Trinajstić information content (AvgIpc) is 3.12. The van der Waals surface area contributed by atoms with Gasteiger partial charge in [0.1, 0.15) is 10.8 Å². The highest BCUT2D eigenvalue weighted by Gasteiger charge is 2.57. The number of carbonyl (C=O) groups is 1. The summed E-state index contributed by atoms with van der Waals surface area (Å²) in [5.41, 5.74) is 3.09. The molecule has 2 aromatic rings. The van der Waals surface area contributed by atoms with Gasteiger partial charge in [-0.15, -0.1) is 11.8 Å². The number of hydrogen-bond acceptors (Lipinski definition) is 5. The number of piperidine rings is 1. The minimum atomic E-state index is -0.303. The van der Waals surface area contributed by atoms with Gasteiger partial charge in [-0.25, -0.2) is 4.39 Å². The Kier molecular flexibility index (Phi) is 4.56. The van der Waals surface area contributed by atoms with Crippen molar-refractivity contribution in [1.82, 2.24) is 4.90 Å². The first-order valence-electron chi connectivity index (χ1n) is 9.98. The van der Waals surface area contributed by atoms with Gasteiger partial charge in [-0.3, -0.25) is 9.69 Å². The number of rotatable bonds is 6. The van der Waals surface area contributed by atoms with Gasteiger partial charge in [0.15, 0.2) is 5.78 Å². The highest BCUT2D eigenvalue weighted by atomic mass is 32.2. The van der Waals surface area contributed by atoms with E-state index in [1.807, 2.05) is 0 Å². The number of nitrogens with zero attached hydrogens (tertiary/aromatic N) is 2. The molecule has 0 saturated carbocycles. The number of ketones is 1. The molecule has 4 heterocycles. The van der Waals surface area contributed by atoms with Crippen LogP contribution in [0.5, 0.6) is 0 Å². The lowest BCUT2D eigenvalue weighted by Crippen LogP contribution is -2.69. The topological polar surface area (TPSA) is 35.6 Å². The van der Waals surface area contributed by atoms with Crippen LogP contribution in [0.15, 0.2) is 48.5 Å². The maximum atomic E-state index is 13.1. The predicted octanol–water partition coefficient (Wildman–Crippen LogP) is 4.54. The third-order valence-electron chi connectivity index (χ3n) is 6.11. The Morgan fingerprint density at radius 1 is 1.21 bits per heavy atom. The first-order chi connectivity index (χ1) is 13.7. The average molecular weight is 398 g/mol. The van der Waals surface area contributed by atoms with Gasteiger partial charge in [0.05, 0.1) is 18.0 Å². The molecule has 3 fully saturated rings. The van der Waals surface area contributed by atoms with Gasteiger partial charge in [0.25, 0.3) is 0 Å². The van der Waals surface area contributed by atoms with E-state index in [1.54, 1.807) is 12.1 Å². The van der Waals surface area contributed by atoms with Crippen molar-refractivity contribution < 1.29 is 9.18 Å². The van der Waals surface area contributed by atoms with E-state index >= 15 is 0 Å². The van der Waals surface area contributed by atoms with Crippen molar-refractivity contribution in [2.75, 3.05) is 30.0 Å². The predicted molar refractivity (Wildman–Crippen MR) is 112 cm³/mol. The lowest BCUT2D eigenvalue weighted by atomic mass is 10.0. The molecule has 1 N–H and O–H groups in total. The largest absolute Gasteiger partial charge is 0.366 e. The number of hydrogen-bond donors (Lipinski definition) is 1. The summed E-state index contributed by atoms with van der Waals surface area (Å²) in [6.07, 6.45) is 3.73. The van der Waals surface area contributed by atoms with Crippen molar-refractivity contribution in [3.8, 4) is 0 Å². The zero-order valence-corrected chi connectivity index (χ0v) is 16.6. The van der Waals surface area contributed by atoms with Crippen LogP contribution >= 0.6 is 11.8 Å². The molecule has 0 spiro atoms. The summed E-state index contributed by atoms with van der Waals surface area (Å²) in [5.74, 6) is -0.207. The van der Waals surface area contributed by atoms with Crippen molar-refractivity contribution >= 4 is 28.9 Å². The van der Waals surface area contributed by atoms with Gasteiger partial charge in [0.2, 0.25) is 0 Å². The summed E-state index contributed by atoms with van der Waals surface area (Å²) in [7, 11) is 0. The smallest absolute Gasteiger partial charge is 0.162 e. The number of thioether (sulfide) groups is 1. The second kappa shape index (κ2) is 7.08. The molecule has 2 bridgehead atoms. The second-order valence-electron chi connectivity index (χ2n) is 7.78. The number of para-hydroxylation sites is 2. The maximum absolute atomic E-state index is 13.1. The molecule has 28 heavy (non-hydrogen) atoms. The molecule has 146 valence electrons. The first kappa shape index (κ1) is 18.0. The van der Waals surface area contributed by atoms with Crippen molar-refractivity contribution in [3.63, 3.8) is 0 Å². The monoisotopic (exact) mass is 397 g/mol. The fraction of sp³-hybridized carbons (Fsp3) is 0.409. The van der Waals surface area contributed by atoms with Gasteiger partial charge in [0, 0.05) is 36.7 Å². The van der Waals surface area contributed by atoms with Crippen molar-refractivity contribution in [1.29, 1.82) is 0 Å². The molecular weight excluding hydrogens is 373 g/mol. The van der Waals surface area contributed by atoms with E-state index in [4.69, 9.17) is 0 Å². The number of nitrogens with one attached hydrogen (secondary N) is 1. The van der Waals surface area contributed by atoms with Crippen LogP contribution in [0.4, 0.5) is 15.8 Å². The Labute approximate surface area is 169 Å². The van der Waals surface area contributed by atoms with E-state index in [-0.39, 0.29) is 16.6 Å². The summed E-state index contributed by atoms with van der Waals surface area (Å²) in [4.78, 5) is 17.5. The van der Waals surface area contributed by atoms with E-state index in [2.05, 4.69) is 51.1 Å². The standard InChI is InChI=1S/C22H24FN3OS/c23-17-9-7-16(8-10-17)21(27)6-3-12-25-13-11-18-14-22(25,28-18)26-15-24-19-4-1-2-5-20(19)26/h1-2,4-5,7-10,18,24H,3,6,11-15H2. The number of Topliss-reactive ketones (excluding diaryl/α,β-unsaturated/α-hetero) is 1. The molecule has 6 rings (SSSR count).